The zero-order valence-electron chi connectivity index (χ0n) is 9.85. The van der Waals surface area contributed by atoms with Gasteiger partial charge in [0.1, 0.15) is 12.1 Å². The van der Waals surface area contributed by atoms with Gasteiger partial charge >= 0.3 is 11.9 Å². The molecule has 8 nitrogen and oxygen atoms in total. The highest BCUT2D eigenvalue weighted by Gasteiger charge is 2.22. The summed E-state index contributed by atoms with van der Waals surface area (Å²) in [5.41, 5.74) is 11.3. The van der Waals surface area contributed by atoms with E-state index in [1.165, 1.54) is 10.9 Å². The predicted octanol–water partition coefficient (Wildman–Crippen LogP) is -1.19. The zero-order chi connectivity index (χ0) is 13.9. The van der Waals surface area contributed by atoms with Gasteiger partial charge in [-0.15, -0.1) is 0 Å². The van der Waals surface area contributed by atoms with Gasteiger partial charge in [0.25, 0.3) is 0 Å². The molecule has 0 bridgehead atoms. The van der Waals surface area contributed by atoms with E-state index in [0.29, 0.717) is 5.69 Å². The molecule has 8 heteroatoms. The molecule has 0 aliphatic heterocycles. The quantitative estimate of drug-likeness (QED) is 0.500. The molecule has 0 amide bonds. The molecule has 100 valence electrons. The fourth-order valence-corrected chi connectivity index (χ4v) is 1.41. The normalized spacial score (nSPS) is 15.9. The van der Waals surface area contributed by atoms with E-state index < -0.39 is 30.1 Å². The summed E-state index contributed by atoms with van der Waals surface area (Å²) in [4.78, 5) is 25.3. The lowest BCUT2D eigenvalue weighted by atomic mass is 10.1. The maximum Gasteiger partial charge on any atom is 0.322 e. The number of carbonyl (C=O) groups is 2. The van der Waals surface area contributed by atoms with E-state index in [-0.39, 0.29) is 6.42 Å². The number of hydrogen-bond acceptors (Lipinski definition) is 5. The molecule has 0 aliphatic carbocycles. The SMILES string of the molecule is CC(C(N)C(=O)O)n1cnc(C[C@H](N)C(=O)O)c1. The van der Waals surface area contributed by atoms with Crippen LogP contribution >= 0.6 is 0 Å². The highest BCUT2D eigenvalue weighted by Crippen LogP contribution is 2.11. The Kier molecular flexibility index (Phi) is 4.40. The summed E-state index contributed by atoms with van der Waals surface area (Å²) in [5, 5.41) is 17.4. The van der Waals surface area contributed by atoms with Crippen LogP contribution in [-0.4, -0.2) is 43.8 Å². The third kappa shape index (κ3) is 3.28. The summed E-state index contributed by atoms with van der Waals surface area (Å²) in [6, 6.07) is -2.57. The van der Waals surface area contributed by atoms with Gasteiger partial charge in [-0.25, -0.2) is 4.98 Å². The lowest BCUT2D eigenvalue weighted by Gasteiger charge is -2.16. The van der Waals surface area contributed by atoms with Crippen LogP contribution in [0.5, 0.6) is 0 Å². The van der Waals surface area contributed by atoms with Crippen molar-refractivity contribution in [3.8, 4) is 0 Å². The molecular formula is C10H16N4O4. The zero-order valence-corrected chi connectivity index (χ0v) is 9.85. The van der Waals surface area contributed by atoms with E-state index >= 15 is 0 Å². The summed E-state index contributed by atoms with van der Waals surface area (Å²) in [5.74, 6) is -2.22. The molecule has 0 aliphatic rings. The monoisotopic (exact) mass is 256 g/mol. The van der Waals surface area contributed by atoms with Gasteiger partial charge < -0.3 is 26.2 Å². The molecule has 1 aromatic rings. The number of carboxylic acids is 2. The standard InChI is InChI=1S/C10H16N4O4/c1-5(8(12)10(17)18)14-3-6(13-4-14)2-7(11)9(15)16/h3-5,7-8H,2,11-12H2,1H3,(H,15,16)(H,17,18)/t5?,7-,8?/m0/s1. The van der Waals surface area contributed by atoms with Crippen LogP contribution in [-0.2, 0) is 16.0 Å². The Morgan fingerprint density at radius 1 is 1.39 bits per heavy atom. The number of carboxylic acid groups (broad SMARTS) is 2. The van der Waals surface area contributed by atoms with Gasteiger partial charge in [0.2, 0.25) is 0 Å². The predicted molar refractivity (Wildman–Crippen MR) is 61.9 cm³/mol. The second-order valence-electron chi connectivity index (χ2n) is 4.07. The number of aromatic nitrogens is 2. The van der Waals surface area contributed by atoms with Crippen molar-refractivity contribution < 1.29 is 19.8 Å². The minimum Gasteiger partial charge on any atom is -0.480 e. The average molecular weight is 256 g/mol. The van der Waals surface area contributed by atoms with Crippen molar-refractivity contribution in [2.45, 2.75) is 31.5 Å². The van der Waals surface area contributed by atoms with Gasteiger partial charge in [-0.1, -0.05) is 0 Å². The number of rotatable bonds is 6. The smallest absolute Gasteiger partial charge is 0.322 e. The second kappa shape index (κ2) is 5.61. The van der Waals surface area contributed by atoms with Crippen molar-refractivity contribution in [1.29, 1.82) is 0 Å². The van der Waals surface area contributed by atoms with Crippen LogP contribution in [0.4, 0.5) is 0 Å². The Labute approximate surface area is 103 Å². The van der Waals surface area contributed by atoms with E-state index in [2.05, 4.69) is 4.98 Å². The molecule has 2 unspecified atom stereocenters. The summed E-state index contributed by atoms with van der Waals surface area (Å²) >= 11 is 0. The van der Waals surface area contributed by atoms with Crippen LogP contribution in [0.3, 0.4) is 0 Å². The largest absolute Gasteiger partial charge is 0.480 e. The van der Waals surface area contributed by atoms with E-state index in [9.17, 15) is 9.59 Å². The molecule has 0 fully saturated rings. The summed E-state index contributed by atoms with van der Waals surface area (Å²) in [6.07, 6.45) is 3.05. The summed E-state index contributed by atoms with van der Waals surface area (Å²) in [7, 11) is 0. The fraction of sp³-hybridized carbons (Fsp3) is 0.500. The van der Waals surface area contributed by atoms with Crippen molar-refractivity contribution in [2.24, 2.45) is 11.5 Å². The molecule has 6 N–H and O–H groups in total. The van der Waals surface area contributed by atoms with Crippen molar-refractivity contribution in [2.75, 3.05) is 0 Å². The van der Waals surface area contributed by atoms with Gasteiger partial charge in [-0.2, -0.15) is 0 Å². The summed E-state index contributed by atoms with van der Waals surface area (Å²) in [6.45, 7) is 1.64. The number of aliphatic carboxylic acids is 2. The van der Waals surface area contributed by atoms with Gasteiger partial charge in [0.15, 0.2) is 0 Å². The molecule has 0 aromatic carbocycles. The molecule has 1 heterocycles. The molecule has 3 atom stereocenters. The molecule has 1 aromatic heterocycles. The average Bonchev–Trinajstić information content (AvgIpc) is 2.75. The van der Waals surface area contributed by atoms with Crippen LogP contribution in [0.15, 0.2) is 12.5 Å². The lowest BCUT2D eigenvalue weighted by molar-refractivity contribution is -0.140. The Morgan fingerprint density at radius 2 is 2.00 bits per heavy atom. The van der Waals surface area contributed by atoms with Gasteiger partial charge in [0, 0.05) is 12.6 Å². The third-order valence-electron chi connectivity index (χ3n) is 2.68. The van der Waals surface area contributed by atoms with Crippen LogP contribution < -0.4 is 11.5 Å². The van der Waals surface area contributed by atoms with E-state index in [1.54, 1.807) is 13.1 Å². The third-order valence-corrected chi connectivity index (χ3v) is 2.68. The summed E-state index contributed by atoms with van der Waals surface area (Å²) < 4.78 is 1.53. The fourth-order valence-electron chi connectivity index (χ4n) is 1.41. The first-order chi connectivity index (χ1) is 8.32. The molecule has 0 spiro atoms. The lowest BCUT2D eigenvalue weighted by Crippen LogP contribution is -2.37. The van der Waals surface area contributed by atoms with Crippen molar-refractivity contribution in [3.05, 3.63) is 18.2 Å². The minimum absolute atomic E-state index is 0.0807. The van der Waals surface area contributed by atoms with E-state index in [1.807, 2.05) is 0 Å². The number of hydrogen-bond donors (Lipinski definition) is 4. The molecule has 0 radical (unpaired) electrons. The van der Waals surface area contributed by atoms with Crippen molar-refractivity contribution >= 4 is 11.9 Å². The van der Waals surface area contributed by atoms with E-state index in [0.717, 1.165) is 0 Å². The number of imidazole rings is 1. The Hall–Kier alpha value is -1.93. The molecule has 18 heavy (non-hydrogen) atoms. The Balaban J connectivity index is 2.74. The first-order valence-corrected chi connectivity index (χ1v) is 5.32. The van der Waals surface area contributed by atoms with Crippen LogP contribution in [0.2, 0.25) is 0 Å². The second-order valence-corrected chi connectivity index (χ2v) is 4.07. The highest BCUT2D eigenvalue weighted by molar-refractivity contribution is 5.74. The van der Waals surface area contributed by atoms with Crippen LogP contribution in [0.1, 0.15) is 18.7 Å². The molecule has 0 saturated carbocycles. The van der Waals surface area contributed by atoms with Crippen molar-refractivity contribution in [3.63, 3.8) is 0 Å². The van der Waals surface area contributed by atoms with Gasteiger partial charge in [0.05, 0.1) is 18.1 Å². The minimum atomic E-state index is -1.11. The first-order valence-electron chi connectivity index (χ1n) is 5.32. The number of nitrogens with two attached hydrogens (primary N) is 2. The Bertz CT molecular complexity index is 445. The topological polar surface area (TPSA) is 144 Å². The Morgan fingerprint density at radius 3 is 2.50 bits per heavy atom. The van der Waals surface area contributed by atoms with Crippen LogP contribution in [0, 0.1) is 0 Å². The van der Waals surface area contributed by atoms with Gasteiger partial charge in [-0.05, 0) is 6.92 Å². The molecule has 0 saturated heterocycles. The highest BCUT2D eigenvalue weighted by atomic mass is 16.4. The maximum absolute atomic E-state index is 10.7. The van der Waals surface area contributed by atoms with Crippen molar-refractivity contribution in [1.82, 2.24) is 9.55 Å². The molecular weight excluding hydrogens is 240 g/mol. The van der Waals surface area contributed by atoms with Gasteiger partial charge in [-0.3, -0.25) is 9.59 Å². The molecule has 1 rings (SSSR count). The van der Waals surface area contributed by atoms with Crippen LogP contribution in [0.25, 0.3) is 0 Å². The maximum atomic E-state index is 10.7. The number of nitrogens with zero attached hydrogens (tertiary/aromatic N) is 2. The first kappa shape index (κ1) is 14.1. The van der Waals surface area contributed by atoms with E-state index in [4.69, 9.17) is 21.7 Å².